The van der Waals surface area contributed by atoms with Crippen molar-refractivity contribution in [3.63, 3.8) is 0 Å². The molecule has 6 nitrogen and oxygen atoms in total. The molecule has 0 unspecified atom stereocenters. The monoisotopic (exact) mass is 416 g/mol. The van der Waals surface area contributed by atoms with Gasteiger partial charge in [-0.1, -0.05) is 12.1 Å². The van der Waals surface area contributed by atoms with Crippen LogP contribution in [0, 0.1) is 6.92 Å². The van der Waals surface area contributed by atoms with E-state index in [9.17, 15) is 13.2 Å². The zero-order valence-corrected chi connectivity index (χ0v) is 17.8. The summed E-state index contributed by atoms with van der Waals surface area (Å²) in [6, 6.07) is 12.3. The van der Waals surface area contributed by atoms with Crippen LogP contribution in [0.25, 0.3) is 0 Å². The van der Waals surface area contributed by atoms with E-state index in [1.54, 1.807) is 22.5 Å². The number of carbonyl (C=O) groups excluding carboxylic acids is 1. The van der Waals surface area contributed by atoms with Gasteiger partial charge < -0.3 is 10.1 Å². The first-order chi connectivity index (χ1) is 13.9. The summed E-state index contributed by atoms with van der Waals surface area (Å²) in [5, 5.41) is 2.91. The number of amides is 1. The van der Waals surface area contributed by atoms with Crippen molar-refractivity contribution >= 4 is 15.9 Å². The number of sulfonamides is 1. The van der Waals surface area contributed by atoms with Gasteiger partial charge in [-0.25, -0.2) is 8.42 Å². The van der Waals surface area contributed by atoms with Crippen molar-refractivity contribution < 1.29 is 17.9 Å². The number of hydrogen-bond acceptors (Lipinski definition) is 4. The van der Waals surface area contributed by atoms with Gasteiger partial charge in [0.15, 0.2) is 0 Å². The summed E-state index contributed by atoms with van der Waals surface area (Å²) >= 11 is 0. The van der Waals surface area contributed by atoms with Crippen molar-refractivity contribution in [3.05, 3.63) is 59.2 Å². The Labute approximate surface area is 172 Å². The third-order valence-corrected chi connectivity index (χ3v) is 6.98. The zero-order valence-electron chi connectivity index (χ0n) is 17.0. The zero-order chi connectivity index (χ0) is 20.9. The molecule has 2 aromatic rings. The summed E-state index contributed by atoms with van der Waals surface area (Å²) < 4.78 is 32.2. The second-order valence-corrected chi connectivity index (χ2v) is 9.11. The fourth-order valence-corrected chi connectivity index (χ4v) is 4.95. The first kappa shape index (κ1) is 21.3. The van der Waals surface area contributed by atoms with Crippen LogP contribution in [-0.4, -0.2) is 44.9 Å². The molecule has 1 N–H and O–H groups in total. The lowest BCUT2D eigenvalue weighted by atomic mass is 10.1. The smallest absolute Gasteiger partial charge is 0.251 e. The molecule has 7 heteroatoms. The van der Waals surface area contributed by atoms with Gasteiger partial charge in [-0.2, -0.15) is 4.31 Å². The Hall–Kier alpha value is -2.38. The molecule has 1 fully saturated rings. The maximum absolute atomic E-state index is 12.6. The molecule has 0 aliphatic carbocycles. The largest absolute Gasteiger partial charge is 0.494 e. The Morgan fingerprint density at radius 1 is 1.10 bits per heavy atom. The van der Waals surface area contributed by atoms with E-state index in [1.165, 1.54) is 0 Å². The van der Waals surface area contributed by atoms with Crippen molar-refractivity contribution in [2.45, 2.75) is 38.0 Å². The van der Waals surface area contributed by atoms with E-state index in [0.29, 0.717) is 43.1 Å². The minimum Gasteiger partial charge on any atom is -0.494 e. The third-order valence-electron chi connectivity index (χ3n) is 5.06. The van der Waals surface area contributed by atoms with E-state index in [2.05, 4.69) is 5.32 Å². The van der Waals surface area contributed by atoms with Gasteiger partial charge in [0.05, 0.1) is 11.5 Å². The van der Waals surface area contributed by atoms with E-state index in [1.807, 2.05) is 38.1 Å². The lowest BCUT2D eigenvalue weighted by Gasteiger charge is -2.15. The van der Waals surface area contributed by atoms with Gasteiger partial charge in [0, 0.05) is 25.2 Å². The Kier molecular flexibility index (Phi) is 6.92. The predicted octanol–water partition coefficient (Wildman–Crippen LogP) is 3.15. The van der Waals surface area contributed by atoms with Gasteiger partial charge >= 0.3 is 0 Å². The highest BCUT2D eigenvalue weighted by Crippen LogP contribution is 2.21. The topological polar surface area (TPSA) is 75.7 Å². The minimum atomic E-state index is -3.38. The van der Waals surface area contributed by atoms with Crippen LogP contribution in [0.3, 0.4) is 0 Å². The molecule has 0 aromatic heterocycles. The summed E-state index contributed by atoms with van der Waals surface area (Å²) in [7, 11) is -3.38. The Morgan fingerprint density at radius 3 is 2.41 bits per heavy atom. The average Bonchev–Trinajstić information content (AvgIpc) is 3.26. The normalized spacial score (nSPS) is 14.7. The number of rotatable bonds is 8. The summed E-state index contributed by atoms with van der Waals surface area (Å²) in [6.45, 7) is 6.10. The highest BCUT2D eigenvalue weighted by Gasteiger charge is 2.26. The molecule has 0 radical (unpaired) electrons. The SMILES string of the molecule is CCOc1ccc(C(=O)NCCc2ccc(S(=O)(=O)N3CCCC3)cc2)cc1C. The lowest BCUT2D eigenvalue weighted by Crippen LogP contribution is -2.28. The molecule has 1 aliphatic rings. The fourth-order valence-electron chi connectivity index (χ4n) is 3.44. The summed E-state index contributed by atoms with van der Waals surface area (Å²) in [6.07, 6.45) is 2.47. The highest BCUT2D eigenvalue weighted by atomic mass is 32.2. The highest BCUT2D eigenvalue weighted by molar-refractivity contribution is 7.89. The second kappa shape index (κ2) is 9.41. The summed E-state index contributed by atoms with van der Waals surface area (Å²) in [5.41, 5.74) is 2.50. The van der Waals surface area contributed by atoms with Crippen molar-refractivity contribution in [2.24, 2.45) is 0 Å². The standard InChI is InChI=1S/C22H28N2O4S/c1-3-28-21-11-8-19(16-17(21)2)22(25)23-13-12-18-6-9-20(10-7-18)29(26,27)24-14-4-5-15-24/h6-11,16H,3-5,12-15H2,1-2H3,(H,23,25). The number of hydrogen-bond donors (Lipinski definition) is 1. The van der Waals surface area contributed by atoms with E-state index in [4.69, 9.17) is 4.74 Å². The van der Waals surface area contributed by atoms with Crippen molar-refractivity contribution in [1.29, 1.82) is 0 Å². The Bertz CT molecular complexity index is 949. The average molecular weight is 417 g/mol. The first-order valence-electron chi connectivity index (χ1n) is 10.0. The van der Waals surface area contributed by atoms with E-state index in [-0.39, 0.29) is 5.91 Å². The quantitative estimate of drug-likeness (QED) is 0.717. The maximum atomic E-state index is 12.6. The number of benzene rings is 2. The molecule has 1 heterocycles. The van der Waals surface area contributed by atoms with Crippen LogP contribution >= 0.6 is 0 Å². The molecule has 0 bridgehead atoms. The number of carbonyl (C=O) groups is 1. The van der Waals surface area contributed by atoms with Crippen LogP contribution in [-0.2, 0) is 16.4 Å². The lowest BCUT2D eigenvalue weighted by molar-refractivity contribution is 0.0954. The van der Waals surface area contributed by atoms with Gasteiger partial charge in [0.25, 0.3) is 5.91 Å². The molecule has 0 atom stereocenters. The molecule has 1 aliphatic heterocycles. The predicted molar refractivity (Wildman–Crippen MR) is 113 cm³/mol. The fraction of sp³-hybridized carbons (Fsp3) is 0.409. The molecule has 3 rings (SSSR count). The summed E-state index contributed by atoms with van der Waals surface area (Å²) in [5.74, 6) is 0.650. The van der Waals surface area contributed by atoms with Crippen LogP contribution in [0.2, 0.25) is 0 Å². The third kappa shape index (κ3) is 5.16. The molecular formula is C22H28N2O4S. The molecule has 0 saturated carbocycles. The van der Waals surface area contributed by atoms with Crippen LogP contribution in [0.5, 0.6) is 5.75 Å². The molecular weight excluding hydrogens is 388 g/mol. The van der Waals surface area contributed by atoms with Gasteiger partial charge in [-0.05, 0) is 74.6 Å². The summed E-state index contributed by atoms with van der Waals surface area (Å²) in [4.78, 5) is 12.7. The van der Waals surface area contributed by atoms with Gasteiger partial charge in [0.2, 0.25) is 10.0 Å². The van der Waals surface area contributed by atoms with E-state index >= 15 is 0 Å². The van der Waals surface area contributed by atoms with Crippen molar-refractivity contribution in [2.75, 3.05) is 26.2 Å². The van der Waals surface area contributed by atoms with Crippen LogP contribution < -0.4 is 10.1 Å². The Morgan fingerprint density at radius 2 is 1.79 bits per heavy atom. The Balaban J connectivity index is 1.54. The molecule has 0 spiro atoms. The van der Waals surface area contributed by atoms with Crippen molar-refractivity contribution in [1.82, 2.24) is 9.62 Å². The number of ether oxygens (including phenoxy) is 1. The van der Waals surface area contributed by atoms with E-state index in [0.717, 1.165) is 29.7 Å². The molecule has 1 amide bonds. The first-order valence-corrected chi connectivity index (χ1v) is 11.5. The van der Waals surface area contributed by atoms with Crippen LogP contribution in [0.1, 0.15) is 41.3 Å². The van der Waals surface area contributed by atoms with Gasteiger partial charge in [-0.15, -0.1) is 0 Å². The molecule has 1 saturated heterocycles. The second-order valence-electron chi connectivity index (χ2n) is 7.17. The number of nitrogens with one attached hydrogen (secondary N) is 1. The molecule has 156 valence electrons. The van der Waals surface area contributed by atoms with Crippen LogP contribution in [0.4, 0.5) is 0 Å². The van der Waals surface area contributed by atoms with Gasteiger partial charge in [-0.3, -0.25) is 4.79 Å². The number of aryl methyl sites for hydroxylation is 1. The molecule has 2 aromatic carbocycles. The van der Waals surface area contributed by atoms with Gasteiger partial charge in [0.1, 0.15) is 5.75 Å². The minimum absolute atomic E-state index is 0.135. The van der Waals surface area contributed by atoms with Crippen LogP contribution in [0.15, 0.2) is 47.4 Å². The maximum Gasteiger partial charge on any atom is 0.251 e. The van der Waals surface area contributed by atoms with E-state index < -0.39 is 10.0 Å². The van der Waals surface area contributed by atoms with Crippen molar-refractivity contribution in [3.8, 4) is 5.75 Å². The number of nitrogens with zero attached hydrogens (tertiary/aromatic N) is 1. The molecule has 29 heavy (non-hydrogen) atoms.